The summed E-state index contributed by atoms with van der Waals surface area (Å²) in [6.07, 6.45) is -0.500. The number of carboxylic acids is 2. The van der Waals surface area contributed by atoms with E-state index in [1.807, 2.05) is 6.07 Å². The standard InChI is InChI=1S/C6H6O.C5H9NO4.2Na/c7-6-4-2-1-3-5-6;6-3(5(9)10)1-2-4(7)8;;/h1-5,7H;3H,1-2,6H2,(H,7,8)(H,9,10);;/q;;2*+1/p-2/t;3-;;/m.0../s1. The number of carboxylic acid groups (broad SMARTS) is 2. The Balaban J connectivity index is -0.000000253. The predicted octanol–water partition coefficient (Wildman–Crippen LogP) is -8.01. The summed E-state index contributed by atoms with van der Waals surface area (Å²) in [5, 5.41) is 28.2. The normalized spacial score (nSPS) is 9.74. The molecule has 0 amide bonds. The average molecular weight is 285 g/mol. The molecule has 0 aliphatic carbocycles. The molecule has 19 heavy (non-hydrogen) atoms. The van der Waals surface area contributed by atoms with E-state index >= 15 is 0 Å². The van der Waals surface area contributed by atoms with Crippen molar-refractivity contribution in [1.29, 1.82) is 0 Å². The van der Waals surface area contributed by atoms with E-state index in [4.69, 9.17) is 10.8 Å². The van der Waals surface area contributed by atoms with Crippen LogP contribution in [0.5, 0.6) is 5.75 Å². The first-order chi connectivity index (χ1) is 7.93. The molecule has 8 heteroatoms. The maximum Gasteiger partial charge on any atom is 1.00 e. The third-order valence-electron chi connectivity index (χ3n) is 1.72. The van der Waals surface area contributed by atoms with E-state index < -0.39 is 18.0 Å². The Labute approximate surface area is 155 Å². The van der Waals surface area contributed by atoms with Crippen molar-refractivity contribution in [2.45, 2.75) is 18.9 Å². The van der Waals surface area contributed by atoms with E-state index in [9.17, 15) is 19.8 Å². The number of benzene rings is 1. The summed E-state index contributed by atoms with van der Waals surface area (Å²) < 4.78 is 0. The smallest absolute Gasteiger partial charge is 0.550 e. The topological polar surface area (TPSA) is 127 Å². The third-order valence-corrected chi connectivity index (χ3v) is 1.72. The molecule has 0 aliphatic heterocycles. The molecule has 0 saturated heterocycles. The van der Waals surface area contributed by atoms with Gasteiger partial charge in [-0.3, -0.25) is 0 Å². The van der Waals surface area contributed by atoms with E-state index in [2.05, 4.69) is 0 Å². The molecule has 94 valence electrons. The van der Waals surface area contributed by atoms with E-state index in [1.165, 1.54) is 0 Å². The minimum Gasteiger partial charge on any atom is -0.550 e. The van der Waals surface area contributed by atoms with Crippen molar-refractivity contribution in [3.05, 3.63) is 30.3 Å². The van der Waals surface area contributed by atoms with Gasteiger partial charge < -0.3 is 30.6 Å². The quantitative estimate of drug-likeness (QED) is 0.529. The van der Waals surface area contributed by atoms with Gasteiger partial charge in [0.15, 0.2) is 0 Å². The summed E-state index contributed by atoms with van der Waals surface area (Å²) in [6, 6.07) is 7.50. The number of phenolic OH excluding ortho intramolecular Hbond substituents is 1. The first-order valence-electron chi connectivity index (χ1n) is 4.83. The van der Waals surface area contributed by atoms with Crippen molar-refractivity contribution in [2.24, 2.45) is 5.73 Å². The van der Waals surface area contributed by atoms with Crippen molar-refractivity contribution < 1.29 is 84.0 Å². The molecule has 0 aliphatic rings. The van der Waals surface area contributed by atoms with Crippen LogP contribution < -0.4 is 75.1 Å². The number of aliphatic carboxylic acids is 2. The number of rotatable bonds is 4. The van der Waals surface area contributed by atoms with Gasteiger partial charge in [-0.25, -0.2) is 0 Å². The van der Waals surface area contributed by atoms with Gasteiger partial charge in [0.2, 0.25) is 0 Å². The summed E-state index contributed by atoms with van der Waals surface area (Å²) in [7, 11) is 0. The largest absolute Gasteiger partial charge is 1.00 e. The number of hydrogen-bond donors (Lipinski definition) is 2. The Bertz CT molecular complexity index is 361. The molecule has 6 nitrogen and oxygen atoms in total. The second-order valence-electron chi connectivity index (χ2n) is 3.17. The molecule has 0 radical (unpaired) electrons. The SMILES string of the molecule is N[C@@H](CCC(=O)[O-])C(=O)[O-].Oc1ccccc1.[Na+].[Na+]. The van der Waals surface area contributed by atoms with Crippen LogP contribution in [-0.4, -0.2) is 23.1 Å². The molecule has 0 spiro atoms. The van der Waals surface area contributed by atoms with Crippen LogP contribution in [-0.2, 0) is 9.59 Å². The number of carbonyl (C=O) groups is 2. The molecule has 0 heterocycles. The van der Waals surface area contributed by atoms with Gasteiger partial charge in [-0.15, -0.1) is 0 Å². The first-order valence-corrected chi connectivity index (χ1v) is 4.83. The van der Waals surface area contributed by atoms with Crippen LogP contribution in [0.4, 0.5) is 0 Å². The number of carbonyl (C=O) groups excluding carboxylic acids is 2. The van der Waals surface area contributed by atoms with Gasteiger partial charge in [0.05, 0.1) is 5.97 Å². The molecular weight excluding hydrogens is 272 g/mol. The van der Waals surface area contributed by atoms with Crippen LogP contribution in [0.25, 0.3) is 0 Å². The molecule has 1 aromatic carbocycles. The average Bonchev–Trinajstić information content (AvgIpc) is 2.27. The fraction of sp³-hybridized carbons (Fsp3) is 0.273. The maximum absolute atomic E-state index is 9.86. The van der Waals surface area contributed by atoms with Crippen LogP contribution in [0.1, 0.15) is 12.8 Å². The van der Waals surface area contributed by atoms with Crippen LogP contribution in [0.2, 0.25) is 0 Å². The van der Waals surface area contributed by atoms with Crippen molar-refractivity contribution in [3.8, 4) is 5.75 Å². The van der Waals surface area contributed by atoms with Crippen LogP contribution in [0.3, 0.4) is 0 Å². The molecule has 1 rings (SSSR count). The number of hydrogen-bond acceptors (Lipinski definition) is 6. The molecular formula is C11H13NNa2O5. The molecule has 1 aromatic rings. The summed E-state index contributed by atoms with van der Waals surface area (Å²) in [5.41, 5.74) is 4.91. The zero-order valence-corrected chi connectivity index (χ0v) is 15.0. The van der Waals surface area contributed by atoms with Crippen LogP contribution in [0, 0.1) is 0 Å². The molecule has 3 N–H and O–H groups in total. The van der Waals surface area contributed by atoms with Crippen LogP contribution in [0.15, 0.2) is 30.3 Å². The van der Waals surface area contributed by atoms with Crippen molar-refractivity contribution >= 4 is 11.9 Å². The molecule has 0 unspecified atom stereocenters. The second-order valence-corrected chi connectivity index (χ2v) is 3.17. The number of para-hydroxylation sites is 1. The van der Waals surface area contributed by atoms with Crippen LogP contribution >= 0.6 is 0 Å². The predicted molar refractivity (Wildman–Crippen MR) is 55.3 cm³/mol. The van der Waals surface area contributed by atoms with Crippen molar-refractivity contribution in [1.82, 2.24) is 0 Å². The van der Waals surface area contributed by atoms with Gasteiger partial charge in [0.25, 0.3) is 0 Å². The second kappa shape index (κ2) is 14.3. The minimum absolute atomic E-state index is 0. The maximum atomic E-state index is 9.86. The summed E-state index contributed by atoms with van der Waals surface area (Å²) >= 11 is 0. The Hall–Kier alpha value is -0.0800. The minimum atomic E-state index is -1.44. The van der Waals surface area contributed by atoms with Gasteiger partial charge >= 0.3 is 59.1 Å². The Morgan fingerprint density at radius 3 is 1.89 bits per heavy atom. The van der Waals surface area contributed by atoms with E-state index in [-0.39, 0.29) is 72.0 Å². The Kier molecular flexibility index (Phi) is 18.1. The summed E-state index contributed by atoms with van der Waals surface area (Å²) in [6.45, 7) is 0. The first kappa shape index (κ1) is 24.0. The number of phenols is 1. The van der Waals surface area contributed by atoms with E-state index in [0.717, 1.165) is 0 Å². The molecule has 0 saturated carbocycles. The zero-order valence-electron chi connectivity index (χ0n) is 11.0. The molecule has 0 fully saturated rings. The van der Waals surface area contributed by atoms with Gasteiger partial charge in [0.1, 0.15) is 5.75 Å². The van der Waals surface area contributed by atoms with Gasteiger partial charge in [-0.1, -0.05) is 18.2 Å². The Morgan fingerprint density at radius 1 is 1.16 bits per heavy atom. The monoisotopic (exact) mass is 285 g/mol. The van der Waals surface area contributed by atoms with Gasteiger partial charge in [0, 0.05) is 12.0 Å². The fourth-order valence-corrected chi connectivity index (χ4v) is 0.819. The van der Waals surface area contributed by atoms with Gasteiger partial charge in [-0.05, 0) is 25.0 Å². The number of nitrogens with two attached hydrogens (primary N) is 1. The summed E-state index contributed by atoms with van der Waals surface area (Å²) in [4.78, 5) is 19.6. The summed E-state index contributed by atoms with van der Waals surface area (Å²) in [5.74, 6) is -2.43. The van der Waals surface area contributed by atoms with Crippen molar-refractivity contribution in [3.63, 3.8) is 0 Å². The fourth-order valence-electron chi connectivity index (χ4n) is 0.819. The zero-order chi connectivity index (χ0) is 13.3. The third kappa shape index (κ3) is 15.9. The van der Waals surface area contributed by atoms with Gasteiger partial charge in [-0.2, -0.15) is 0 Å². The molecule has 0 aromatic heterocycles. The van der Waals surface area contributed by atoms with E-state index in [1.54, 1.807) is 24.3 Å². The van der Waals surface area contributed by atoms with E-state index in [0.29, 0.717) is 5.75 Å². The molecule has 1 atom stereocenters. The number of aromatic hydroxyl groups is 1. The molecule has 0 bridgehead atoms. The Morgan fingerprint density at radius 2 is 1.63 bits per heavy atom. The van der Waals surface area contributed by atoms with Crippen molar-refractivity contribution in [2.75, 3.05) is 0 Å².